The van der Waals surface area contributed by atoms with Gasteiger partial charge in [-0.15, -0.1) is 5.10 Å². The van der Waals surface area contributed by atoms with Crippen molar-refractivity contribution in [1.29, 1.82) is 5.26 Å². The van der Waals surface area contributed by atoms with Crippen molar-refractivity contribution in [2.45, 2.75) is 6.42 Å². The minimum atomic E-state index is 0.372. The fourth-order valence-electron chi connectivity index (χ4n) is 0.342. The van der Waals surface area contributed by atoms with Crippen LogP contribution in [0.25, 0.3) is 0 Å². The maximum atomic E-state index is 8.12. The summed E-state index contributed by atoms with van der Waals surface area (Å²) in [4.78, 5) is 0. The van der Waals surface area contributed by atoms with Gasteiger partial charge >= 0.3 is 0 Å². The first-order valence-corrected chi connectivity index (χ1v) is 2.90. The fraction of sp³-hybridized carbons (Fsp3) is 0.250. The minimum absolute atomic E-state index is 0.372. The first-order chi connectivity index (χ1) is 3.93. The van der Waals surface area contributed by atoms with E-state index in [1.807, 2.05) is 6.07 Å². The van der Waals surface area contributed by atoms with Crippen molar-refractivity contribution < 1.29 is 0 Å². The fourth-order valence-corrected chi connectivity index (χ4v) is 0.793. The van der Waals surface area contributed by atoms with Crippen molar-refractivity contribution >= 4 is 11.5 Å². The Labute approximate surface area is 50.7 Å². The zero-order valence-electron chi connectivity index (χ0n) is 4.03. The van der Waals surface area contributed by atoms with Crippen LogP contribution in [0.3, 0.4) is 0 Å². The van der Waals surface area contributed by atoms with E-state index >= 15 is 0 Å². The van der Waals surface area contributed by atoms with Crippen molar-refractivity contribution in [2.24, 2.45) is 0 Å². The molecule has 0 amide bonds. The van der Waals surface area contributed by atoms with E-state index in [9.17, 15) is 0 Å². The molecule has 1 aromatic heterocycles. The lowest BCUT2D eigenvalue weighted by molar-refractivity contribution is 1.04. The number of hydrogen-bond donors (Lipinski definition) is 0. The molecule has 0 atom stereocenters. The summed E-state index contributed by atoms with van der Waals surface area (Å²) < 4.78 is 3.58. The van der Waals surface area contributed by atoms with E-state index in [1.54, 1.807) is 5.38 Å². The summed E-state index contributed by atoms with van der Waals surface area (Å²) in [7, 11) is 0. The van der Waals surface area contributed by atoms with Crippen LogP contribution in [0.5, 0.6) is 0 Å². The molecule has 0 saturated carbocycles. The molecule has 0 radical (unpaired) electrons. The van der Waals surface area contributed by atoms with E-state index in [-0.39, 0.29) is 0 Å². The Morgan fingerprint density at radius 1 is 1.88 bits per heavy atom. The van der Waals surface area contributed by atoms with Crippen LogP contribution in [-0.2, 0) is 6.42 Å². The molecule has 0 bridgehead atoms. The molecular formula is C4H3N3S. The summed E-state index contributed by atoms with van der Waals surface area (Å²) in [5.41, 5.74) is 0.762. The zero-order chi connectivity index (χ0) is 5.82. The largest absolute Gasteiger partial charge is 0.198 e. The average Bonchev–Trinajstić information content (AvgIpc) is 2.19. The molecular weight excluding hydrogens is 122 g/mol. The van der Waals surface area contributed by atoms with E-state index in [0.717, 1.165) is 5.69 Å². The normalized spacial score (nSPS) is 8.38. The molecule has 0 unspecified atom stereocenters. The van der Waals surface area contributed by atoms with Crippen LogP contribution in [0.2, 0.25) is 0 Å². The Morgan fingerprint density at radius 2 is 2.75 bits per heavy atom. The van der Waals surface area contributed by atoms with Crippen LogP contribution in [-0.4, -0.2) is 9.59 Å². The highest BCUT2D eigenvalue weighted by Crippen LogP contribution is 1.95. The lowest BCUT2D eigenvalue weighted by Gasteiger charge is -1.72. The second-order valence-electron chi connectivity index (χ2n) is 1.23. The summed E-state index contributed by atoms with van der Waals surface area (Å²) in [5.74, 6) is 0. The van der Waals surface area contributed by atoms with Crippen LogP contribution in [0.15, 0.2) is 5.38 Å². The first-order valence-electron chi connectivity index (χ1n) is 2.06. The van der Waals surface area contributed by atoms with Crippen LogP contribution in [0, 0.1) is 11.3 Å². The molecule has 0 fully saturated rings. The van der Waals surface area contributed by atoms with Gasteiger partial charge in [0.15, 0.2) is 0 Å². The maximum Gasteiger partial charge on any atom is 0.0895 e. The lowest BCUT2D eigenvalue weighted by atomic mass is 10.4. The molecule has 3 nitrogen and oxygen atoms in total. The molecule has 0 aliphatic rings. The first kappa shape index (κ1) is 5.19. The van der Waals surface area contributed by atoms with Gasteiger partial charge in [0.1, 0.15) is 0 Å². The van der Waals surface area contributed by atoms with Gasteiger partial charge in [-0.25, -0.2) is 0 Å². The SMILES string of the molecule is N#CCc1csnn1. The second kappa shape index (κ2) is 2.38. The van der Waals surface area contributed by atoms with Gasteiger partial charge in [0.05, 0.1) is 18.2 Å². The highest BCUT2D eigenvalue weighted by molar-refractivity contribution is 7.03. The highest BCUT2D eigenvalue weighted by Gasteiger charge is 1.90. The van der Waals surface area contributed by atoms with Crippen molar-refractivity contribution in [3.63, 3.8) is 0 Å². The van der Waals surface area contributed by atoms with E-state index in [2.05, 4.69) is 9.59 Å². The van der Waals surface area contributed by atoms with Crippen LogP contribution >= 0.6 is 11.5 Å². The van der Waals surface area contributed by atoms with Crippen molar-refractivity contribution in [3.8, 4) is 6.07 Å². The molecule has 0 N–H and O–H groups in total. The molecule has 1 heterocycles. The monoisotopic (exact) mass is 125 g/mol. The third kappa shape index (κ3) is 1.01. The standard InChI is InChI=1S/C4H3N3S/c5-2-1-4-3-8-7-6-4/h3H,1H2. The molecule has 0 spiro atoms. The van der Waals surface area contributed by atoms with E-state index in [4.69, 9.17) is 5.26 Å². The number of rotatable bonds is 1. The summed E-state index contributed by atoms with van der Waals surface area (Å²) in [6.07, 6.45) is 0.372. The van der Waals surface area contributed by atoms with Gasteiger partial charge in [-0.1, -0.05) is 4.49 Å². The van der Waals surface area contributed by atoms with Crippen molar-refractivity contribution in [2.75, 3.05) is 0 Å². The number of aromatic nitrogens is 2. The second-order valence-corrected chi connectivity index (χ2v) is 1.84. The summed E-state index contributed by atoms with van der Waals surface area (Å²) in [6, 6.07) is 1.97. The third-order valence-corrected chi connectivity index (χ3v) is 1.22. The summed E-state index contributed by atoms with van der Waals surface area (Å²) in [6.45, 7) is 0. The molecule has 0 aromatic carbocycles. The van der Waals surface area contributed by atoms with Gasteiger partial charge in [-0.3, -0.25) is 0 Å². The third-order valence-electron chi connectivity index (χ3n) is 0.665. The van der Waals surface area contributed by atoms with Gasteiger partial charge in [-0.05, 0) is 11.5 Å². The number of nitrogens with zero attached hydrogens (tertiary/aromatic N) is 3. The topological polar surface area (TPSA) is 49.6 Å². The molecule has 40 valence electrons. The average molecular weight is 125 g/mol. The van der Waals surface area contributed by atoms with Gasteiger partial charge < -0.3 is 0 Å². The van der Waals surface area contributed by atoms with E-state index in [0.29, 0.717) is 6.42 Å². The predicted molar refractivity (Wildman–Crippen MR) is 29.2 cm³/mol. The molecule has 1 rings (SSSR count). The molecule has 4 heteroatoms. The lowest BCUT2D eigenvalue weighted by Crippen LogP contribution is -1.78. The van der Waals surface area contributed by atoms with Gasteiger partial charge in [0, 0.05) is 5.38 Å². The van der Waals surface area contributed by atoms with Crippen LogP contribution in [0.4, 0.5) is 0 Å². The van der Waals surface area contributed by atoms with Gasteiger partial charge in [0.2, 0.25) is 0 Å². The predicted octanol–water partition coefficient (Wildman–Crippen LogP) is 0.604. The molecule has 0 saturated heterocycles. The Bertz CT molecular complexity index is 186. The number of nitriles is 1. The van der Waals surface area contributed by atoms with Crippen LogP contribution < -0.4 is 0 Å². The molecule has 1 aromatic rings. The Balaban J connectivity index is 2.67. The molecule has 0 aliphatic carbocycles. The smallest absolute Gasteiger partial charge is 0.0895 e. The van der Waals surface area contributed by atoms with E-state index in [1.165, 1.54) is 11.5 Å². The van der Waals surface area contributed by atoms with Crippen molar-refractivity contribution in [3.05, 3.63) is 11.1 Å². The van der Waals surface area contributed by atoms with E-state index < -0.39 is 0 Å². The minimum Gasteiger partial charge on any atom is -0.198 e. The quantitative estimate of drug-likeness (QED) is 0.552. The summed E-state index contributed by atoms with van der Waals surface area (Å²) >= 11 is 1.27. The van der Waals surface area contributed by atoms with Gasteiger partial charge in [0.25, 0.3) is 0 Å². The van der Waals surface area contributed by atoms with Gasteiger partial charge in [-0.2, -0.15) is 5.26 Å². The maximum absolute atomic E-state index is 8.12. The summed E-state index contributed by atoms with van der Waals surface area (Å²) in [5, 5.41) is 13.5. The highest BCUT2D eigenvalue weighted by atomic mass is 32.1. The van der Waals surface area contributed by atoms with Crippen LogP contribution in [0.1, 0.15) is 5.69 Å². The Hall–Kier alpha value is -0.950. The Kier molecular flexibility index (Phi) is 1.55. The Morgan fingerprint density at radius 3 is 3.25 bits per heavy atom. The zero-order valence-corrected chi connectivity index (χ0v) is 4.85. The molecule has 8 heavy (non-hydrogen) atoms. The molecule has 0 aliphatic heterocycles. The number of hydrogen-bond acceptors (Lipinski definition) is 4. The van der Waals surface area contributed by atoms with Crippen molar-refractivity contribution in [1.82, 2.24) is 9.59 Å².